The summed E-state index contributed by atoms with van der Waals surface area (Å²) >= 11 is 0. The molecule has 1 N–H and O–H groups in total. The first kappa shape index (κ1) is 17.0. The number of nitrogens with zero attached hydrogens (tertiary/aromatic N) is 3. The molecule has 0 atom stereocenters. The number of aromatic nitrogens is 2. The van der Waals surface area contributed by atoms with Gasteiger partial charge in [0.25, 0.3) is 11.6 Å². The molecule has 26 heavy (non-hydrogen) atoms. The van der Waals surface area contributed by atoms with Gasteiger partial charge in [-0.15, -0.1) is 10.2 Å². The topological polar surface area (TPSA) is 107 Å². The van der Waals surface area contributed by atoms with E-state index in [1.807, 2.05) is 6.07 Å². The molecule has 8 nitrogen and oxygen atoms in total. The SMILES string of the molecule is COc1ccc(-c2cccc(NC(=O)c3ccccc3[N+](=O)[O-])c2)nn1. The number of carbonyl (C=O) groups excluding carboxylic acids is 1. The largest absolute Gasteiger partial charge is 0.480 e. The molecule has 0 saturated carbocycles. The van der Waals surface area contributed by atoms with Crippen molar-refractivity contribution in [2.24, 2.45) is 0 Å². The standard InChI is InChI=1S/C18H14N4O4/c1-26-17-10-9-15(20-21-17)12-5-4-6-13(11-12)19-18(23)14-7-2-3-8-16(14)22(24)25/h2-11H,1H3,(H,19,23). The zero-order valence-electron chi connectivity index (χ0n) is 13.7. The van der Waals surface area contributed by atoms with Gasteiger partial charge < -0.3 is 10.1 Å². The van der Waals surface area contributed by atoms with Gasteiger partial charge in [-0.2, -0.15) is 0 Å². The van der Waals surface area contributed by atoms with Crippen LogP contribution >= 0.6 is 0 Å². The molecular formula is C18H14N4O4. The molecule has 1 aromatic heterocycles. The minimum absolute atomic E-state index is 0.00728. The van der Waals surface area contributed by atoms with Crippen LogP contribution in [0.15, 0.2) is 60.7 Å². The summed E-state index contributed by atoms with van der Waals surface area (Å²) in [6.45, 7) is 0. The van der Waals surface area contributed by atoms with Crippen molar-refractivity contribution < 1.29 is 14.5 Å². The van der Waals surface area contributed by atoms with Gasteiger partial charge in [0.15, 0.2) is 0 Å². The minimum atomic E-state index is -0.585. The maximum absolute atomic E-state index is 12.4. The van der Waals surface area contributed by atoms with Crippen molar-refractivity contribution in [1.29, 1.82) is 0 Å². The van der Waals surface area contributed by atoms with Crippen LogP contribution in [0.25, 0.3) is 11.3 Å². The Labute approximate surface area is 148 Å². The quantitative estimate of drug-likeness (QED) is 0.559. The van der Waals surface area contributed by atoms with E-state index in [0.29, 0.717) is 17.3 Å². The molecule has 1 heterocycles. The van der Waals surface area contributed by atoms with Gasteiger partial charge in [-0.1, -0.05) is 24.3 Å². The van der Waals surface area contributed by atoms with Gasteiger partial charge in [-0.05, 0) is 24.3 Å². The van der Waals surface area contributed by atoms with Gasteiger partial charge in [-0.25, -0.2) is 0 Å². The molecule has 0 aliphatic heterocycles. The number of methoxy groups -OCH3 is 1. The van der Waals surface area contributed by atoms with Gasteiger partial charge in [0.1, 0.15) is 5.56 Å². The number of amides is 1. The van der Waals surface area contributed by atoms with Crippen LogP contribution in [0.2, 0.25) is 0 Å². The molecule has 2 aromatic carbocycles. The van der Waals surface area contributed by atoms with Crippen LogP contribution in [0.1, 0.15) is 10.4 Å². The average Bonchev–Trinajstić information content (AvgIpc) is 2.68. The Kier molecular flexibility index (Phi) is 4.84. The van der Waals surface area contributed by atoms with Gasteiger partial charge in [-0.3, -0.25) is 14.9 Å². The summed E-state index contributed by atoms with van der Waals surface area (Å²) in [5, 5.41) is 21.7. The normalized spacial score (nSPS) is 10.2. The minimum Gasteiger partial charge on any atom is -0.480 e. The van der Waals surface area contributed by atoms with E-state index in [0.717, 1.165) is 5.56 Å². The van der Waals surface area contributed by atoms with E-state index < -0.39 is 10.8 Å². The number of ether oxygens (including phenoxy) is 1. The second-order valence-corrected chi connectivity index (χ2v) is 5.27. The van der Waals surface area contributed by atoms with Crippen molar-refractivity contribution in [2.45, 2.75) is 0 Å². The maximum atomic E-state index is 12.4. The van der Waals surface area contributed by atoms with E-state index in [-0.39, 0.29) is 11.3 Å². The van der Waals surface area contributed by atoms with Crippen LogP contribution in [0.4, 0.5) is 11.4 Å². The van der Waals surface area contributed by atoms with Crippen LogP contribution in [0.3, 0.4) is 0 Å². The van der Waals surface area contributed by atoms with Gasteiger partial charge in [0.2, 0.25) is 5.88 Å². The second kappa shape index (κ2) is 7.39. The molecule has 0 fully saturated rings. The Morgan fingerprint density at radius 2 is 1.88 bits per heavy atom. The molecule has 3 rings (SSSR count). The molecule has 0 bridgehead atoms. The lowest BCUT2D eigenvalue weighted by Crippen LogP contribution is -2.13. The number of para-hydroxylation sites is 1. The van der Waals surface area contributed by atoms with E-state index >= 15 is 0 Å². The lowest BCUT2D eigenvalue weighted by Gasteiger charge is -2.08. The van der Waals surface area contributed by atoms with Crippen molar-refractivity contribution in [3.8, 4) is 17.1 Å². The van der Waals surface area contributed by atoms with Crippen molar-refractivity contribution in [3.05, 3.63) is 76.3 Å². The highest BCUT2D eigenvalue weighted by molar-refractivity contribution is 6.07. The molecule has 0 spiro atoms. The van der Waals surface area contributed by atoms with Crippen LogP contribution in [-0.4, -0.2) is 28.1 Å². The second-order valence-electron chi connectivity index (χ2n) is 5.27. The number of carbonyl (C=O) groups is 1. The van der Waals surface area contributed by atoms with Crippen molar-refractivity contribution in [1.82, 2.24) is 10.2 Å². The Balaban J connectivity index is 1.85. The smallest absolute Gasteiger partial charge is 0.282 e. The summed E-state index contributed by atoms with van der Waals surface area (Å²) in [7, 11) is 1.50. The highest BCUT2D eigenvalue weighted by Gasteiger charge is 2.19. The lowest BCUT2D eigenvalue weighted by molar-refractivity contribution is -0.385. The number of hydrogen-bond acceptors (Lipinski definition) is 6. The average molecular weight is 350 g/mol. The molecule has 8 heteroatoms. The van der Waals surface area contributed by atoms with Gasteiger partial charge >= 0.3 is 0 Å². The predicted octanol–water partition coefficient (Wildman–Crippen LogP) is 3.31. The van der Waals surface area contributed by atoms with Crippen molar-refractivity contribution in [2.75, 3.05) is 12.4 Å². The fraction of sp³-hybridized carbons (Fsp3) is 0.0556. The number of nitro groups is 1. The van der Waals surface area contributed by atoms with Gasteiger partial charge in [0, 0.05) is 23.4 Å². The number of rotatable bonds is 5. The summed E-state index contributed by atoms with van der Waals surface area (Å²) in [5.41, 5.74) is 1.57. The fourth-order valence-electron chi connectivity index (χ4n) is 2.36. The van der Waals surface area contributed by atoms with Crippen molar-refractivity contribution in [3.63, 3.8) is 0 Å². The molecular weight excluding hydrogens is 336 g/mol. The Morgan fingerprint density at radius 3 is 2.58 bits per heavy atom. The van der Waals surface area contributed by atoms with E-state index in [4.69, 9.17) is 4.74 Å². The Morgan fingerprint density at radius 1 is 1.08 bits per heavy atom. The molecule has 0 aliphatic carbocycles. The summed E-state index contributed by atoms with van der Waals surface area (Å²) in [4.78, 5) is 22.9. The highest BCUT2D eigenvalue weighted by Crippen LogP contribution is 2.23. The first-order valence-corrected chi connectivity index (χ1v) is 7.61. The first-order chi connectivity index (χ1) is 12.6. The zero-order valence-corrected chi connectivity index (χ0v) is 13.7. The fourth-order valence-corrected chi connectivity index (χ4v) is 2.36. The third-order valence-corrected chi connectivity index (χ3v) is 3.61. The maximum Gasteiger partial charge on any atom is 0.282 e. The molecule has 3 aromatic rings. The molecule has 0 radical (unpaired) electrons. The molecule has 1 amide bonds. The molecule has 0 unspecified atom stereocenters. The summed E-state index contributed by atoms with van der Waals surface area (Å²) < 4.78 is 4.98. The van der Waals surface area contributed by atoms with Gasteiger partial charge in [0.05, 0.1) is 17.7 Å². The van der Waals surface area contributed by atoms with Crippen LogP contribution in [0.5, 0.6) is 5.88 Å². The zero-order chi connectivity index (χ0) is 18.5. The van der Waals surface area contributed by atoms with E-state index in [1.165, 1.54) is 25.3 Å². The number of nitrogens with one attached hydrogen (secondary N) is 1. The summed E-state index contributed by atoms with van der Waals surface area (Å²) in [6, 6.07) is 16.2. The highest BCUT2D eigenvalue weighted by atomic mass is 16.6. The van der Waals surface area contributed by atoms with E-state index in [9.17, 15) is 14.9 Å². The number of anilines is 1. The number of nitro benzene ring substituents is 1. The van der Waals surface area contributed by atoms with E-state index in [2.05, 4.69) is 15.5 Å². The lowest BCUT2D eigenvalue weighted by atomic mass is 10.1. The van der Waals surface area contributed by atoms with Crippen LogP contribution in [-0.2, 0) is 0 Å². The third-order valence-electron chi connectivity index (χ3n) is 3.61. The van der Waals surface area contributed by atoms with Crippen LogP contribution in [0, 0.1) is 10.1 Å². The van der Waals surface area contributed by atoms with Crippen LogP contribution < -0.4 is 10.1 Å². The van der Waals surface area contributed by atoms with Crippen molar-refractivity contribution >= 4 is 17.3 Å². The summed E-state index contributed by atoms with van der Waals surface area (Å²) in [5.74, 6) is -0.162. The molecule has 0 aliphatic rings. The molecule has 0 saturated heterocycles. The molecule has 130 valence electrons. The monoisotopic (exact) mass is 350 g/mol. The third kappa shape index (κ3) is 3.64. The number of benzene rings is 2. The first-order valence-electron chi connectivity index (χ1n) is 7.61. The summed E-state index contributed by atoms with van der Waals surface area (Å²) in [6.07, 6.45) is 0. The number of hydrogen-bond donors (Lipinski definition) is 1. The predicted molar refractivity (Wildman–Crippen MR) is 95.1 cm³/mol. The van der Waals surface area contributed by atoms with E-state index in [1.54, 1.807) is 36.4 Å². The Hall–Kier alpha value is -3.81. The Bertz CT molecular complexity index is 957.